The smallest absolute Gasteiger partial charge is 0.333 e. The van der Waals surface area contributed by atoms with E-state index in [9.17, 15) is 9.59 Å². The maximum atomic E-state index is 11.3. The summed E-state index contributed by atoms with van der Waals surface area (Å²) in [6.07, 6.45) is 20.1. The fraction of sp³-hybridized carbons (Fsp3) is 0.708. The monoisotopic (exact) mass is 423 g/mol. The number of ether oxygens (including phenoxy) is 2. The van der Waals surface area contributed by atoms with E-state index in [1.807, 2.05) is 10.8 Å². The molecule has 0 bridgehead atoms. The number of unbranched alkanes of at least 4 members (excludes halogenated alkanes) is 9. The van der Waals surface area contributed by atoms with E-state index in [4.69, 9.17) is 9.47 Å². The zero-order valence-corrected chi connectivity index (χ0v) is 19.4. The highest BCUT2D eigenvalue weighted by Gasteiger charge is 2.07. The SMILES string of the molecule is C=C(C)C(=O)OCCOC(=O)CC[n+]1cc[nH]c1.CCCCCCCCCCCC. The summed E-state index contributed by atoms with van der Waals surface area (Å²) in [4.78, 5) is 25.2. The lowest BCUT2D eigenvalue weighted by Crippen LogP contribution is -2.32. The van der Waals surface area contributed by atoms with E-state index in [1.54, 1.807) is 19.4 Å². The van der Waals surface area contributed by atoms with Crippen LogP contribution in [0.5, 0.6) is 0 Å². The molecule has 172 valence electrons. The Bertz CT molecular complexity index is 546. The van der Waals surface area contributed by atoms with Crippen molar-refractivity contribution >= 4 is 11.9 Å². The Balaban J connectivity index is 0.000000612. The van der Waals surface area contributed by atoms with E-state index in [1.165, 1.54) is 64.2 Å². The number of aromatic amines is 1. The summed E-state index contributed by atoms with van der Waals surface area (Å²) in [6.45, 7) is 10.2. The molecule has 0 radical (unpaired) electrons. The standard InChI is InChI=1S/C12H16N2O4.C12H26/c1-10(2)12(16)18-8-7-17-11(15)3-5-14-6-4-13-9-14;1-3-5-7-9-11-12-10-8-6-4-2/h4,6,9H,1,3,5,7-8H2,2H3;3-12H2,1-2H3/p+1. The molecule has 0 aliphatic rings. The molecule has 1 rings (SSSR count). The zero-order chi connectivity index (χ0) is 22.5. The Morgan fingerprint density at radius 3 is 1.90 bits per heavy atom. The fourth-order valence-corrected chi connectivity index (χ4v) is 2.73. The molecule has 6 nitrogen and oxygen atoms in total. The van der Waals surface area contributed by atoms with Crippen LogP contribution in [0.4, 0.5) is 0 Å². The molecule has 0 amide bonds. The van der Waals surface area contributed by atoms with Gasteiger partial charge in [-0.1, -0.05) is 84.6 Å². The molecule has 1 heterocycles. The first-order valence-electron chi connectivity index (χ1n) is 11.5. The molecule has 1 aromatic heterocycles. The molecule has 0 saturated heterocycles. The zero-order valence-electron chi connectivity index (χ0n) is 19.4. The first-order valence-corrected chi connectivity index (χ1v) is 11.5. The van der Waals surface area contributed by atoms with Crippen LogP contribution in [0.3, 0.4) is 0 Å². The molecule has 1 N–H and O–H groups in total. The number of H-pyrrole nitrogens is 1. The van der Waals surface area contributed by atoms with Crippen molar-refractivity contribution in [2.75, 3.05) is 13.2 Å². The van der Waals surface area contributed by atoms with Gasteiger partial charge in [-0.15, -0.1) is 0 Å². The van der Waals surface area contributed by atoms with Crippen LogP contribution in [0.15, 0.2) is 30.9 Å². The predicted octanol–water partition coefficient (Wildman–Crippen LogP) is 5.28. The van der Waals surface area contributed by atoms with E-state index in [2.05, 4.69) is 25.4 Å². The maximum absolute atomic E-state index is 11.3. The van der Waals surface area contributed by atoms with Crippen LogP contribution in [0.1, 0.15) is 91.4 Å². The van der Waals surface area contributed by atoms with Gasteiger partial charge in [-0.05, 0) is 6.92 Å². The van der Waals surface area contributed by atoms with E-state index in [-0.39, 0.29) is 25.6 Å². The number of hydrogen-bond donors (Lipinski definition) is 1. The molecular weight excluding hydrogens is 380 g/mol. The quantitative estimate of drug-likeness (QED) is 0.170. The second-order valence-electron chi connectivity index (χ2n) is 7.56. The number of aromatic nitrogens is 2. The third kappa shape index (κ3) is 18.0. The van der Waals surface area contributed by atoms with Gasteiger partial charge in [0.2, 0.25) is 6.33 Å². The van der Waals surface area contributed by atoms with Gasteiger partial charge >= 0.3 is 11.9 Å². The van der Waals surface area contributed by atoms with Crippen LogP contribution in [0, 0.1) is 0 Å². The van der Waals surface area contributed by atoms with Gasteiger partial charge in [-0.25, -0.2) is 9.36 Å². The summed E-state index contributed by atoms with van der Waals surface area (Å²) in [6, 6.07) is 0. The minimum absolute atomic E-state index is 0.0503. The maximum Gasteiger partial charge on any atom is 0.333 e. The first kappa shape index (κ1) is 27.9. The first-order chi connectivity index (χ1) is 14.5. The number of imidazole rings is 1. The number of aryl methyl sites for hydroxylation is 1. The van der Waals surface area contributed by atoms with Gasteiger partial charge in [0.05, 0.1) is 6.42 Å². The van der Waals surface area contributed by atoms with Crippen molar-refractivity contribution in [3.63, 3.8) is 0 Å². The van der Waals surface area contributed by atoms with E-state index in [0.29, 0.717) is 12.1 Å². The molecule has 0 aliphatic carbocycles. The van der Waals surface area contributed by atoms with Gasteiger partial charge < -0.3 is 9.47 Å². The number of nitrogens with zero attached hydrogens (tertiary/aromatic N) is 1. The van der Waals surface area contributed by atoms with Crippen molar-refractivity contribution in [1.82, 2.24) is 4.98 Å². The molecule has 0 spiro atoms. The van der Waals surface area contributed by atoms with Crippen molar-refractivity contribution in [3.05, 3.63) is 30.9 Å². The minimum atomic E-state index is -0.478. The lowest BCUT2D eigenvalue weighted by molar-refractivity contribution is -0.694. The predicted molar refractivity (Wildman–Crippen MR) is 120 cm³/mol. The second kappa shape index (κ2) is 20.2. The van der Waals surface area contributed by atoms with Gasteiger partial charge in [-0.3, -0.25) is 9.78 Å². The van der Waals surface area contributed by atoms with Crippen LogP contribution >= 0.6 is 0 Å². The minimum Gasteiger partial charge on any atom is -0.462 e. The van der Waals surface area contributed by atoms with Gasteiger partial charge in [-0.2, -0.15) is 0 Å². The topological polar surface area (TPSA) is 72.3 Å². The molecule has 0 atom stereocenters. The number of nitrogens with one attached hydrogen (secondary N) is 1. The third-order valence-electron chi connectivity index (χ3n) is 4.56. The molecule has 30 heavy (non-hydrogen) atoms. The third-order valence-corrected chi connectivity index (χ3v) is 4.56. The number of hydrogen-bond acceptors (Lipinski definition) is 4. The summed E-state index contributed by atoms with van der Waals surface area (Å²) < 4.78 is 11.5. The summed E-state index contributed by atoms with van der Waals surface area (Å²) in [5, 5.41) is 0. The molecule has 0 fully saturated rings. The van der Waals surface area contributed by atoms with Crippen LogP contribution in [-0.2, 0) is 25.6 Å². The molecule has 0 unspecified atom stereocenters. The molecule has 1 aromatic rings. The molecule has 0 aromatic carbocycles. The second-order valence-corrected chi connectivity index (χ2v) is 7.56. The average molecular weight is 424 g/mol. The van der Waals surface area contributed by atoms with Crippen LogP contribution < -0.4 is 4.57 Å². The Morgan fingerprint density at radius 2 is 1.43 bits per heavy atom. The summed E-state index contributed by atoms with van der Waals surface area (Å²) in [5.41, 5.74) is 0.324. The van der Waals surface area contributed by atoms with E-state index < -0.39 is 5.97 Å². The van der Waals surface area contributed by atoms with Crippen LogP contribution in [0.25, 0.3) is 0 Å². The van der Waals surface area contributed by atoms with Crippen molar-refractivity contribution in [2.24, 2.45) is 0 Å². The van der Waals surface area contributed by atoms with Crippen LogP contribution in [-0.4, -0.2) is 30.1 Å². The average Bonchev–Trinajstić information content (AvgIpc) is 3.25. The molecular formula is C24H43N2O4+. The Labute approximate surface area is 183 Å². The highest BCUT2D eigenvalue weighted by Crippen LogP contribution is 2.09. The number of rotatable bonds is 16. The number of esters is 2. The van der Waals surface area contributed by atoms with Crippen molar-refractivity contribution < 1.29 is 23.6 Å². The van der Waals surface area contributed by atoms with Crippen LogP contribution in [0.2, 0.25) is 0 Å². The van der Waals surface area contributed by atoms with Gasteiger partial charge in [0.1, 0.15) is 32.2 Å². The van der Waals surface area contributed by atoms with Crippen molar-refractivity contribution in [3.8, 4) is 0 Å². The van der Waals surface area contributed by atoms with Crippen molar-refractivity contribution in [2.45, 2.75) is 97.9 Å². The molecule has 6 heteroatoms. The normalized spacial score (nSPS) is 10.1. The number of carbonyl (C=O) groups is 2. The molecule has 0 aliphatic heterocycles. The Hall–Kier alpha value is -2.11. The highest BCUT2D eigenvalue weighted by atomic mass is 16.6. The highest BCUT2D eigenvalue weighted by molar-refractivity contribution is 5.86. The van der Waals surface area contributed by atoms with Crippen molar-refractivity contribution in [1.29, 1.82) is 0 Å². The lowest BCUT2D eigenvalue weighted by atomic mass is 10.1. The summed E-state index contributed by atoms with van der Waals surface area (Å²) >= 11 is 0. The van der Waals surface area contributed by atoms with Gasteiger partial charge in [0.25, 0.3) is 0 Å². The fourth-order valence-electron chi connectivity index (χ4n) is 2.73. The van der Waals surface area contributed by atoms with E-state index >= 15 is 0 Å². The summed E-state index contributed by atoms with van der Waals surface area (Å²) in [5.74, 6) is -0.802. The lowest BCUT2D eigenvalue weighted by Gasteiger charge is -2.05. The van der Waals surface area contributed by atoms with Gasteiger partial charge in [0, 0.05) is 5.57 Å². The summed E-state index contributed by atoms with van der Waals surface area (Å²) in [7, 11) is 0. The van der Waals surface area contributed by atoms with Gasteiger partial charge in [0.15, 0.2) is 0 Å². The van der Waals surface area contributed by atoms with E-state index in [0.717, 1.165) is 0 Å². The Morgan fingerprint density at radius 1 is 0.900 bits per heavy atom. The number of carbonyl (C=O) groups excluding carboxylic acids is 2. The largest absolute Gasteiger partial charge is 0.462 e. The Kier molecular flexibility index (Phi) is 18.8. The molecule has 0 saturated carbocycles.